The van der Waals surface area contributed by atoms with E-state index in [1.54, 1.807) is 7.05 Å². The predicted molar refractivity (Wildman–Crippen MR) is 51.1 cm³/mol. The molecule has 1 atom stereocenters. The number of hydrogen-bond acceptors (Lipinski definition) is 2. The van der Waals surface area contributed by atoms with Gasteiger partial charge in [0, 0.05) is 7.05 Å². The summed E-state index contributed by atoms with van der Waals surface area (Å²) in [6, 6.07) is 0.130. The minimum Gasteiger partial charge on any atom is -0.358 e. The topological polar surface area (TPSA) is 32.3 Å². The minimum absolute atomic E-state index is 0.130. The summed E-state index contributed by atoms with van der Waals surface area (Å²) >= 11 is 0. The van der Waals surface area contributed by atoms with Crippen molar-refractivity contribution >= 4 is 5.91 Å². The summed E-state index contributed by atoms with van der Waals surface area (Å²) in [6.07, 6.45) is 2.16. The van der Waals surface area contributed by atoms with Crippen LogP contribution in [0.3, 0.4) is 0 Å². The van der Waals surface area contributed by atoms with Crippen LogP contribution in [0, 0.1) is 0 Å². The van der Waals surface area contributed by atoms with Crippen molar-refractivity contribution in [3.8, 4) is 0 Å². The molecule has 0 aromatic rings. The molecule has 0 aromatic carbocycles. The number of nitrogens with zero attached hydrogens (tertiary/aromatic N) is 1. The SMILES string of the molecule is CC.CNC(=O)C1CCCN1C. The molecule has 0 saturated carbocycles. The molecule has 0 aromatic heterocycles. The van der Waals surface area contributed by atoms with Crippen molar-refractivity contribution in [2.45, 2.75) is 32.7 Å². The highest BCUT2D eigenvalue weighted by Crippen LogP contribution is 2.13. The molecule has 1 aliphatic heterocycles. The molecule has 1 heterocycles. The van der Waals surface area contributed by atoms with E-state index >= 15 is 0 Å². The average Bonchev–Trinajstić information content (AvgIpc) is 2.54. The zero-order valence-electron chi connectivity index (χ0n) is 8.55. The quantitative estimate of drug-likeness (QED) is 0.636. The van der Waals surface area contributed by atoms with Gasteiger partial charge in [-0.15, -0.1) is 0 Å². The minimum atomic E-state index is 0.130. The molecule has 3 nitrogen and oxygen atoms in total. The van der Waals surface area contributed by atoms with Crippen molar-refractivity contribution in [3.05, 3.63) is 0 Å². The molecule has 0 radical (unpaired) electrons. The highest BCUT2D eigenvalue weighted by molar-refractivity contribution is 5.81. The number of hydrogen-bond donors (Lipinski definition) is 1. The Hall–Kier alpha value is -0.570. The van der Waals surface area contributed by atoms with Crippen LogP contribution in [0.4, 0.5) is 0 Å². The Kier molecular flexibility index (Phi) is 5.72. The molecule has 1 N–H and O–H groups in total. The highest BCUT2D eigenvalue weighted by atomic mass is 16.2. The lowest BCUT2D eigenvalue weighted by atomic mass is 10.2. The zero-order valence-corrected chi connectivity index (χ0v) is 8.55. The third-order valence-electron chi connectivity index (χ3n) is 2.07. The van der Waals surface area contributed by atoms with Crippen LogP contribution < -0.4 is 5.32 Å². The van der Waals surface area contributed by atoms with E-state index < -0.39 is 0 Å². The van der Waals surface area contributed by atoms with Crippen LogP contribution in [0.15, 0.2) is 0 Å². The number of carbonyl (C=O) groups is 1. The van der Waals surface area contributed by atoms with Crippen LogP contribution in [-0.4, -0.2) is 37.5 Å². The molecule has 3 heteroatoms. The lowest BCUT2D eigenvalue weighted by molar-refractivity contribution is -0.124. The first-order chi connectivity index (χ1) is 5.75. The second-order valence-electron chi connectivity index (χ2n) is 2.75. The van der Waals surface area contributed by atoms with Gasteiger partial charge in [-0.3, -0.25) is 9.69 Å². The molecule has 0 aliphatic carbocycles. The van der Waals surface area contributed by atoms with E-state index in [2.05, 4.69) is 10.2 Å². The Balaban J connectivity index is 0.000000561. The number of rotatable bonds is 1. The van der Waals surface area contributed by atoms with Gasteiger partial charge in [0.15, 0.2) is 0 Å². The van der Waals surface area contributed by atoms with Crippen LogP contribution in [0.2, 0.25) is 0 Å². The maximum absolute atomic E-state index is 11.1. The zero-order chi connectivity index (χ0) is 9.56. The fraction of sp³-hybridized carbons (Fsp3) is 0.889. The van der Waals surface area contributed by atoms with E-state index in [9.17, 15) is 4.79 Å². The summed E-state index contributed by atoms with van der Waals surface area (Å²) in [5, 5.41) is 2.66. The molecule has 0 spiro atoms. The van der Waals surface area contributed by atoms with Crippen molar-refractivity contribution in [2.75, 3.05) is 20.6 Å². The Labute approximate surface area is 75.1 Å². The molecular weight excluding hydrogens is 152 g/mol. The fourth-order valence-electron chi connectivity index (χ4n) is 1.41. The predicted octanol–water partition coefficient (Wildman–Crippen LogP) is 0.853. The highest BCUT2D eigenvalue weighted by Gasteiger charge is 2.26. The molecule has 1 rings (SSSR count). The van der Waals surface area contributed by atoms with E-state index in [4.69, 9.17) is 0 Å². The summed E-state index contributed by atoms with van der Waals surface area (Å²) in [5.74, 6) is 0.153. The van der Waals surface area contributed by atoms with E-state index in [-0.39, 0.29) is 11.9 Å². The van der Waals surface area contributed by atoms with Gasteiger partial charge in [0.25, 0.3) is 0 Å². The third-order valence-corrected chi connectivity index (χ3v) is 2.07. The first-order valence-electron chi connectivity index (χ1n) is 4.67. The maximum atomic E-state index is 11.1. The number of likely N-dealkylation sites (N-methyl/N-ethyl adjacent to an activating group) is 2. The van der Waals surface area contributed by atoms with Crippen LogP contribution in [0.25, 0.3) is 0 Å². The van der Waals surface area contributed by atoms with E-state index in [0.717, 1.165) is 19.4 Å². The molecule has 0 bridgehead atoms. The largest absolute Gasteiger partial charge is 0.358 e. The summed E-state index contributed by atoms with van der Waals surface area (Å²) in [6.45, 7) is 5.05. The summed E-state index contributed by atoms with van der Waals surface area (Å²) < 4.78 is 0. The van der Waals surface area contributed by atoms with Crippen molar-refractivity contribution in [3.63, 3.8) is 0 Å². The first kappa shape index (κ1) is 11.4. The second-order valence-corrected chi connectivity index (χ2v) is 2.75. The average molecular weight is 172 g/mol. The third kappa shape index (κ3) is 2.81. The molecule has 1 aliphatic rings. The lowest BCUT2D eigenvalue weighted by Gasteiger charge is -2.16. The Morgan fingerprint density at radius 2 is 2.08 bits per heavy atom. The van der Waals surface area contributed by atoms with Crippen LogP contribution in [-0.2, 0) is 4.79 Å². The number of likely N-dealkylation sites (tertiary alicyclic amines) is 1. The van der Waals surface area contributed by atoms with E-state index in [0.29, 0.717) is 0 Å². The van der Waals surface area contributed by atoms with Gasteiger partial charge in [0.2, 0.25) is 5.91 Å². The van der Waals surface area contributed by atoms with Gasteiger partial charge < -0.3 is 5.32 Å². The monoisotopic (exact) mass is 172 g/mol. The van der Waals surface area contributed by atoms with Crippen LogP contribution in [0.5, 0.6) is 0 Å². The second kappa shape index (κ2) is 6.00. The number of carbonyl (C=O) groups excluding carboxylic acids is 1. The van der Waals surface area contributed by atoms with Gasteiger partial charge in [0.1, 0.15) is 0 Å². The summed E-state index contributed by atoms with van der Waals surface area (Å²) in [5.41, 5.74) is 0. The normalized spacial score (nSPS) is 22.8. The van der Waals surface area contributed by atoms with Gasteiger partial charge in [-0.2, -0.15) is 0 Å². The van der Waals surface area contributed by atoms with Crippen molar-refractivity contribution in [2.24, 2.45) is 0 Å². The fourth-order valence-corrected chi connectivity index (χ4v) is 1.41. The number of nitrogens with one attached hydrogen (secondary N) is 1. The molecule has 72 valence electrons. The smallest absolute Gasteiger partial charge is 0.237 e. The van der Waals surface area contributed by atoms with E-state index in [1.807, 2.05) is 20.9 Å². The van der Waals surface area contributed by atoms with Gasteiger partial charge >= 0.3 is 0 Å². The number of amides is 1. The van der Waals surface area contributed by atoms with Crippen LogP contribution in [0.1, 0.15) is 26.7 Å². The first-order valence-corrected chi connectivity index (χ1v) is 4.67. The van der Waals surface area contributed by atoms with Crippen molar-refractivity contribution in [1.29, 1.82) is 0 Å². The summed E-state index contributed by atoms with van der Waals surface area (Å²) in [4.78, 5) is 13.2. The summed E-state index contributed by atoms with van der Waals surface area (Å²) in [7, 11) is 3.68. The lowest BCUT2D eigenvalue weighted by Crippen LogP contribution is -2.39. The molecule has 1 saturated heterocycles. The van der Waals surface area contributed by atoms with Gasteiger partial charge in [0.05, 0.1) is 6.04 Å². The van der Waals surface area contributed by atoms with Gasteiger partial charge in [-0.25, -0.2) is 0 Å². The Morgan fingerprint density at radius 1 is 1.50 bits per heavy atom. The maximum Gasteiger partial charge on any atom is 0.237 e. The Bertz CT molecular complexity index is 136. The van der Waals surface area contributed by atoms with Crippen molar-refractivity contribution in [1.82, 2.24) is 10.2 Å². The standard InChI is InChI=1S/C7H14N2O.C2H6/c1-8-7(10)6-4-3-5-9(6)2;1-2/h6H,3-5H2,1-2H3,(H,8,10);1-2H3. The van der Waals surface area contributed by atoms with Gasteiger partial charge in [-0.05, 0) is 26.4 Å². The molecule has 12 heavy (non-hydrogen) atoms. The molecule has 1 fully saturated rings. The molecular formula is C9H20N2O. The van der Waals surface area contributed by atoms with Crippen LogP contribution >= 0.6 is 0 Å². The van der Waals surface area contributed by atoms with Crippen molar-refractivity contribution < 1.29 is 4.79 Å². The van der Waals surface area contributed by atoms with E-state index in [1.165, 1.54) is 0 Å². The molecule has 1 amide bonds. The van der Waals surface area contributed by atoms with Gasteiger partial charge in [-0.1, -0.05) is 13.8 Å². The Morgan fingerprint density at radius 3 is 2.42 bits per heavy atom. The molecule has 1 unspecified atom stereocenters.